The predicted molar refractivity (Wildman–Crippen MR) is 81.7 cm³/mol. The molecule has 0 spiro atoms. The molecule has 1 N–H and O–H groups in total. The third kappa shape index (κ3) is 3.36. The molecule has 3 nitrogen and oxygen atoms in total. The summed E-state index contributed by atoms with van der Waals surface area (Å²) in [5.41, 5.74) is 0.733. The summed E-state index contributed by atoms with van der Waals surface area (Å²) in [7, 11) is -3.78. The molecule has 0 atom stereocenters. The molecule has 0 aliphatic heterocycles. The highest BCUT2D eigenvalue weighted by Gasteiger charge is 2.20. The normalized spacial score (nSPS) is 11.6. The molecule has 0 aliphatic rings. The van der Waals surface area contributed by atoms with Crippen molar-refractivity contribution in [2.75, 3.05) is 4.72 Å². The maximum Gasteiger partial charge on any atom is 0.271 e. The number of rotatable bonds is 3. The van der Waals surface area contributed by atoms with Crippen LogP contribution in [0.5, 0.6) is 0 Å². The van der Waals surface area contributed by atoms with Crippen LogP contribution in [0.25, 0.3) is 0 Å². The van der Waals surface area contributed by atoms with Crippen molar-refractivity contribution in [3.8, 4) is 0 Å². The first-order valence-electron chi connectivity index (χ1n) is 5.03. The van der Waals surface area contributed by atoms with Crippen LogP contribution in [-0.2, 0) is 10.0 Å². The zero-order chi connectivity index (χ0) is 14.2. The number of hydrogen-bond donors (Lipinski definition) is 1. The van der Waals surface area contributed by atoms with Gasteiger partial charge in [-0.3, -0.25) is 4.72 Å². The summed E-state index contributed by atoms with van der Waals surface area (Å²) >= 11 is 7.52. The number of nitrogens with one attached hydrogen (secondary N) is 1. The minimum atomic E-state index is -3.78. The van der Waals surface area contributed by atoms with Crippen LogP contribution >= 0.6 is 43.2 Å². The molecule has 0 bridgehead atoms. The zero-order valence-corrected chi connectivity index (χ0v) is 14.4. The van der Waals surface area contributed by atoms with Crippen molar-refractivity contribution in [3.05, 3.63) is 43.9 Å². The van der Waals surface area contributed by atoms with Crippen LogP contribution in [-0.4, -0.2) is 8.42 Å². The van der Waals surface area contributed by atoms with Crippen LogP contribution in [0.1, 0.15) is 5.56 Å². The van der Waals surface area contributed by atoms with Crippen molar-refractivity contribution >= 4 is 58.9 Å². The van der Waals surface area contributed by atoms with Gasteiger partial charge in [-0.15, -0.1) is 11.3 Å². The first-order valence-corrected chi connectivity index (χ1v) is 8.92. The van der Waals surface area contributed by atoms with Gasteiger partial charge in [-0.05, 0) is 52.7 Å². The number of aryl methyl sites for hydroxylation is 1. The summed E-state index contributed by atoms with van der Waals surface area (Å²) in [4.78, 5) is 0. The molecule has 0 fully saturated rings. The molecule has 0 saturated carbocycles. The Morgan fingerprint density at radius 1 is 1.26 bits per heavy atom. The van der Waals surface area contributed by atoms with Gasteiger partial charge in [-0.25, -0.2) is 12.8 Å². The van der Waals surface area contributed by atoms with E-state index in [-0.39, 0.29) is 9.90 Å². The van der Waals surface area contributed by atoms with Crippen LogP contribution in [0.3, 0.4) is 0 Å². The summed E-state index contributed by atoms with van der Waals surface area (Å²) in [6, 6.07) is 5.60. The van der Waals surface area contributed by atoms with Crippen LogP contribution < -0.4 is 4.72 Å². The molecule has 2 aromatic rings. The predicted octanol–water partition coefficient (Wildman–Crippen LogP) is 4.52. The summed E-state index contributed by atoms with van der Waals surface area (Å²) < 4.78 is 41.5. The van der Waals surface area contributed by atoms with Crippen molar-refractivity contribution in [1.82, 2.24) is 0 Å². The first kappa shape index (κ1) is 15.0. The van der Waals surface area contributed by atoms with Gasteiger partial charge >= 0.3 is 0 Å². The van der Waals surface area contributed by atoms with Crippen molar-refractivity contribution in [3.63, 3.8) is 0 Å². The van der Waals surface area contributed by atoms with E-state index in [1.165, 1.54) is 24.3 Å². The molecule has 0 saturated heterocycles. The standard InChI is InChI=1S/C11H8Br2FNO2S2/c1-6-4-10(18-11(6)13)19(16,17)15-9-5-7(12)2-3-8(9)14/h2-5,15H,1H3. The molecule has 1 heterocycles. The maximum atomic E-state index is 13.5. The van der Waals surface area contributed by atoms with Gasteiger partial charge in [0.1, 0.15) is 10.0 Å². The third-order valence-electron chi connectivity index (χ3n) is 2.27. The van der Waals surface area contributed by atoms with E-state index in [4.69, 9.17) is 0 Å². The van der Waals surface area contributed by atoms with Gasteiger partial charge < -0.3 is 0 Å². The Morgan fingerprint density at radius 3 is 2.53 bits per heavy atom. The molecule has 2 rings (SSSR count). The minimum Gasteiger partial charge on any atom is -0.276 e. The average molecular weight is 429 g/mol. The summed E-state index contributed by atoms with van der Waals surface area (Å²) in [6.07, 6.45) is 0. The molecular formula is C11H8Br2FNO2S2. The number of thiophene rings is 1. The quantitative estimate of drug-likeness (QED) is 0.780. The lowest BCUT2D eigenvalue weighted by Crippen LogP contribution is -2.12. The van der Waals surface area contributed by atoms with Crippen LogP contribution in [0, 0.1) is 12.7 Å². The minimum absolute atomic E-state index is 0.0865. The number of sulfonamides is 1. The largest absolute Gasteiger partial charge is 0.276 e. The molecule has 1 aromatic carbocycles. The van der Waals surface area contributed by atoms with Gasteiger partial charge in [0.05, 0.1) is 9.47 Å². The van der Waals surface area contributed by atoms with E-state index >= 15 is 0 Å². The molecule has 0 amide bonds. The smallest absolute Gasteiger partial charge is 0.271 e. The Hall–Kier alpha value is -0.440. The number of hydrogen-bond acceptors (Lipinski definition) is 3. The summed E-state index contributed by atoms with van der Waals surface area (Å²) in [6.45, 7) is 1.79. The van der Waals surface area contributed by atoms with E-state index < -0.39 is 15.8 Å². The van der Waals surface area contributed by atoms with E-state index in [1.54, 1.807) is 6.92 Å². The number of benzene rings is 1. The van der Waals surface area contributed by atoms with Crippen molar-refractivity contribution in [2.24, 2.45) is 0 Å². The Morgan fingerprint density at radius 2 is 1.95 bits per heavy atom. The summed E-state index contributed by atoms with van der Waals surface area (Å²) in [5.74, 6) is -0.626. The van der Waals surface area contributed by atoms with Gasteiger partial charge in [-0.1, -0.05) is 15.9 Å². The molecule has 0 unspecified atom stereocenters. The second kappa shape index (κ2) is 5.51. The summed E-state index contributed by atoms with van der Waals surface area (Å²) in [5, 5.41) is 0. The zero-order valence-electron chi connectivity index (χ0n) is 9.58. The number of anilines is 1. The lowest BCUT2D eigenvalue weighted by molar-refractivity contribution is 0.600. The van der Waals surface area contributed by atoms with Gasteiger partial charge in [0, 0.05) is 4.47 Å². The second-order valence-electron chi connectivity index (χ2n) is 3.75. The van der Waals surface area contributed by atoms with Crippen LogP contribution in [0.15, 0.2) is 36.7 Å². The third-order valence-corrected chi connectivity index (χ3v) is 6.74. The molecule has 8 heteroatoms. The molecule has 1 aromatic heterocycles. The van der Waals surface area contributed by atoms with Gasteiger partial charge in [0.25, 0.3) is 10.0 Å². The highest BCUT2D eigenvalue weighted by Crippen LogP contribution is 2.32. The van der Waals surface area contributed by atoms with E-state index in [2.05, 4.69) is 36.6 Å². The molecule has 0 aliphatic carbocycles. The monoisotopic (exact) mass is 427 g/mol. The first-order chi connectivity index (χ1) is 8.79. The fourth-order valence-corrected chi connectivity index (χ4v) is 4.98. The van der Waals surface area contributed by atoms with Crippen molar-refractivity contribution in [2.45, 2.75) is 11.1 Å². The molecule has 102 valence electrons. The van der Waals surface area contributed by atoms with Crippen LogP contribution in [0.4, 0.5) is 10.1 Å². The van der Waals surface area contributed by atoms with Crippen molar-refractivity contribution in [1.29, 1.82) is 0 Å². The highest BCUT2D eigenvalue weighted by atomic mass is 79.9. The Bertz CT molecular complexity index is 709. The molecule has 19 heavy (non-hydrogen) atoms. The lowest BCUT2D eigenvalue weighted by atomic mass is 10.3. The molecular weight excluding hydrogens is 421 g/mol. The fourth-order valence-electron chi connectivity index (χ4n) is 1.33. The van der Waals surface area contributed by atoms with E-state index in [0.29, 0.717) is 4.47 Å². The lowest BCUT2D eigenvalue weighted by Gasteiger charge is -2.07. The highest BCUT2D eigenvalue weighted by molar-refractivity contribution is 9.11. The van der Waals surface area contributed by atoms with Crippen molar-refractivity contribution < 1.29 is 12.8 Å². The van der Waals surface area contributed by atoms with E-state index in [0.717, 1.165) is 20.7 Å². The second-order valence-corrected chi connectivity index (χ2v) is 8.95. The Kier molecular flexibility index (Phi) is 4.34. The topological polar surface area (TPSA) is 46.2 Å². The Balaban J connectivity index is 2.39. The van der Waals surface area contributed by atoms with Crippen LogP contribution in [0.2, 0.25) is 0 Å². The Labute approximate surface area is 131 Å². The fraction of sp³-hybridized carbons (Fsp3) is 0.0909. The molecule has 0 radical (unpaired) electrons. The van der Waals surface area contributed by atoms with E-state index in [1.807, 2.05) is 0 Å². The number of halogens is 3. The SMILES string of the molecule is Cc1cc(S(=O)(=O)Nc2cc(Br)ccc2F)sc1Br. The van der Waals surface area contributed by atoms with Gasteiger partial charge in [0.2, 0.25) is 0 Å². The van der Waals surface area contributed by atoms with Gasteiger partial charge in [-0.2, -0.15) is 0 Å². The van der Waals surface area contributed by atoms with Gasteiger partial charge in [0.15, 0.2) is 0 Å². The van der Waals surface area contributed by atoms with E-state index in [9.17, 15) is 12.8 Å². The average Bonchev–Trinajstić information content (AvgIpc) is 2.65. The maximum absolute atomic E-state index is 13.5.